The standard InChI is InChI=1S/C16H10Cl4/c17-15(18)13-9-5-1-2-6-10(9)14(16(19)20)12-8-4-3-7-11(12)13/h1-8,15-16H. The summed E-state index contributed by atoms with van der Waals surface area (Å²) in [7, 11) is 0. The van der Waals surface area contributed by atoms with E-state index < -0.39 is 9.67 Å². The van der Waals surface area contributed by atoms with Gasteiger partial charge in [-0.15, -0.1) is 46.4 Å². The Bertz CT molecular complexity index is 655. The monoisotopic (exact) mass is 342 g/mol. The summed E-state index contributed by atoms with van der Waals surface area (Å²) in [6, 6.07) is 15.8. The molecule has 0 unspecified atom stereocenters. The fraction of sp³-hybridized carbons (Fsp3) is 0.125. The summed E-state index contributed by atoms with van der Waals surface area (Å²) in [4.78, 5) is -1.22. The number of fused-ring (bicyclic) bond motifs is 2. The van der Waals surface area contributed by atoms with E-state index in [2.05, 4.69) is 0 Å². The smallest absolute Gasteiger partial charge is 0.100 e. The third kappa shape index (κ3) is 2.25. The van der Waals surface area contributed by atoms with E-state index in [4.69, 9.17) is 46.4 Å². The van der Waals surface area contributed by atoms with E-state index in [0.717, 1.165) is 32.7 Å². The Morgan fingerprint density at radius 3 is 0.950 bits per heavy atom. The summed E-state index contributed by atoms with van der Waals surface area (Å²) < 4.78 is 0. The van der Waals surface area contributed by atoms with E-state index in [9.17, 15) is 0 Å². The van der Waals surface area contributed by atoms with E-state index in [1.54, 1.807) is 0 Å². The van der Waals surface area contributed by atoms with Crippen molar-refractivity contribution in [1.82, 2.24) is 0 Å². The van der Waals surface area contributed by atoms with Gasteiger partial charge in [0.2, 0.25) is 0 Å². The molecule has 0 atom stereocenters. The molecule has 0 N–H and O–H groups in total. The van der Waals surface area contributed by atoms with Crippen LogP contribution >= 0.6 is 46.4 Å². The maximum atomic E-state index is 6.19. The number of halogens is 4. The predicted molar refractivity (Wildman–Crippen MR) is 90.3 cm³/mol. The summed E-state index contributed by atoms with van der Waals surface area (Å²) in [5.74, 6) is 0. The van der Waals surface area contributed by atoms with Gasteiger partial charge in [-0.1, -0.05) is 48.5 Å². The second-order valence-corrected chi connectivity index (χ2v) is 6.71. The zero-order valence-electron chi connectivity index (χ0n) is 10.3. The second-order valence-electron chi connectivity index (χ2n) is 4.52. The molecule has 0 radical (unpaired) electrons. The molecular weight excluding hydrogens is 334 g/mol. The minimum absolute atomic E-state index is 0.608. The SMILES string of the molecule is ClC(Cl)c1c2ccccc2c(C(Cl)Cl)c2ccccc12. The molecule has 0 aromatic heterocycles. The molecule has 0 heterocycles. The number of benzene rings is 3. The van der Waals surface area contributed by atoms with Gasteiger partial charge in [0.05, 0.1) is 0 Å². The molecule has 102 valence electrons. The number of hydrogen-bond acceptors (Lipinski definition) is 0. The number of alkyl halides is 4. The molecule has 0 spiro atoms. The van der Waals surface area contributed by atoms with Gasteiger partial charge in [0, 0.05) is 11.1 Å². The Kier molecular flexibility index (Phi) is 4.01. The lowest BCUT2D eigenvalue weighted by atomic mass is 9.93. The molecule has 0 nitrogen and oxygen atoms in total. The number of rotatable bonds is 2. The lowest BCUT2D eigenvalue weighted by molar-refractivity contribution is 1.38. The van der Waals surface area contributed by atoms with Crippen molar-refractivity contribution < 1.29 is 0 Å². The van der Waals surface area contributed by atoms with Gasteiger partial charge in [0.15, 0.2) is 0 Å². The van der Waals surface area contributed by atoms with Crippen LogP contribution in [0.3, 0.4) is 0 Å². The lowest BCUT2D eigenvalue weighted by Gasteiger charge is -2.17. The molecule has 0 saturated carbocycles. The predicted octanol–water partition coefficient (Wildman–Crippen LogP) is 6.95. The average Bonchev–Trinajstić information content (AvgIpc) is 2.43. The van der Waals surface area contributed by atoms with Crippen LogP contribution in [0.2, 0.25) is 0 Å². The second kappa shape index (κ2) is 5.61. The van der Waals surface area contributed by atoms with Gasteiger partial charge in [-0.2, -0.15) is 0 Å². The van der Waals surface area contributed by atoms with Crippen LogP contribution in [0.15, 0.2) is 48.5 Å². The van der Waals surface area contributed by atoms with Crippen LogP contribution in [0.25, 0.3) is 21.5 Å². The largest absolute Gasteiger partial charge is 0.134 e. The van der Waals surface area contributed by atoms with Gasteiger partial charge in [0.1, 0.15) is 9.67 Å². The first-order valence-corrected chi connectivity index (χ1v) is 7.85. The molecule has 0 amide bonds. The first-order chi connectivity index (χ1) is 9.61. The van der Waals surface area contributed by atoms with Crippen LogP contribution in [0.4, 0.5) is 0 Å². The van der Waals surface area contributed by atoms with E-state index in [0.29, 0.717) is 0 Å². The quantitative estimate of drug-likeness (QED) is 0.349. The molecule has 3 aromatic carbocycles. The van der Waals surface area contributed by atoms with Crippen molar-refractivity contribution in [1.29, 1.82) is 0 Å². The molecule has 0 saturated heterocycles. The molecule has 0 aliphatic heterocycles. The van der Waals surface area contributed by atoms with Gasteiger partial charge in [-0.3, -0.25) is 0 Å². The molecule has 0 aliphatic carbocycles. The van der Waals surface area contributed by atoms with Crippen molar-refractivity contribution in [2.45, 2.75) is 9.67 Å². The van der Waals surface area contributed by atoms with Crippen LogP contribution in [0.1, 0.15) is 20.8 Å². The average molecular weight is 344 g/mol. The van der Waals surface area contributed by atoms with Crippen molar-refractivity contribution >= 4 is 67.9 Å². The molecule has 0 aliphatic rings. The van der Waals surface area contributed by atoms with Gasteiger partial charge in [-0.25, -0.2) is 0 Å². The minimum Gasteiger partial charge on any atom is -0.100 e. The Hall–Kier alpha value is -0.660. The Balaban J connectivity index is 2.62. The highest BCUT2D eigenvalue weighted by molar-refractivity contribution is 6.47. The van der Waals surface area contributed by atoms with E-state index in [1.807, 2.05) is 48.5 Å². The summed E-state index contributed by atoms with van der Waals surface area (Å²) in [6.45, 7) is 0. The lowest BCUT2D eigenvalue weighted by Crippen LogP contribution is -1.95. The van der Waals surface area contributed by atoms with Gasteiger partial charge in [-0.05, 0) is 21.5 Å². The summed E-state index contributed by atoms with van der Waals surface area (Å²) >= 11 is 24.8. The van der Waals surface area contributed by atoms with Gasteiger partial charge < -0.3 is 0 Å². The van der Waals surface area contributed by atoms with Gasteiger partial charge in [0.25, 0.3) is 0 Å². The van der Waals surface area contributed by atoms with E-state index >= 15 is 0 Å². The fourth-order valence-corrected chi connectivity index (χ4v) is 3.61. The van der Waals surface area contributed by atoms with Crippen molar-refractivity contribution in [2.24, 2.45) is 0 Å². The summed E-state index contributed by atoms with van der Waals surface area (Å²) in [5.41, 5.74) is 1.80. The summed E-state index contributed by atoms with van der Waals surface area (Å²) in [5, 5.41) is 3.95. The van der Waals surface area contributed by atoms with Crippen molar-refractivity contribution in [3.05, 3.63) is 59.7 Å². The molecule has 4 heteroatoms. The van der Waals surface area contributed by atoms with E-state index in [-0.39, 0.29) is 0 Å². The normalized spacial score (nSPS) is 11.9. The molecule has 20 heavy (non-hydrogen) atoms. The zero-order chi connectivity index (χ0) is 14.3. The van der Waals surface area contributed by atoms with Crippen LogP contribution in [-0.4, -0.2) is 0 Å². The number of hydrogen-bond donors (Lipinski definition) is 0. The third-order valence-electron chi connectivity index (χ3n) is 3.45. The van der Waals surface area contributed by atoms with Crippen molar-refractivity contribution in [3.8, 4) is 0 Å². The molecule has 0 fully saturated rings. The first-order valence-electron chi connectivity index (χ1n) is 6.10. The molecular formula is C16H10Cl4. The zero-order valence-corrected chi connectivity index (χ0v) is 13.3. The van der Waals surface area contributed by atoms with Crippen molar-refractivity contribution in [3.63, 3.8) is 0 Å². The Morgan fingerprint density at radius 2 is 0.750 bits per heavy atom. The highest BCUT2D eigenvalue weighted by Crippen LogP contribution is 2.44. The molecule has 3 aromatic rings. The molecule has 3 rings (SSSR count). The van der Waals surface area contributed by atoms with Crippen LogP contribution in [-0.2, 0) is 0 Å². The first kappa shape index (κ1) is 14.3. The van der Waals surface area contributed by atoms with Crippen molar-refractivity contribution in [2.75, 3.05) is 0 Å². The molecule has 0 bridgehead atoms. The minimum atomic E-state index is -0.608. The maximum absolute atomic E-state index is 6.19. The highest BCUT2D eigenvalue weighted by atomic mass is 35.5. The van der Waals surface area contributed by atoms with Crippen LogP contribution in [0, 0.1) is 0 Å². The summed E-state index contributed by atoms with van der Waals surface area (Å²) in [6.07, 6.45) is 0. The Labute approximate surface area is 137 Å². The third-order valence-corrected chi connectivity index (χ3v) is 4.32. The Morgan fingerprint density at radius 1 is 0.500 bits per heavy atom. The van der Waals surface area contributed by atoms with E-state index in [1.165, 1.54) is 0 Å². The topological polar surface area (TPSA) is 0 Å². The highest BCUT2D eigenvalue weighted by Gasteiger charge is 2.20. The van der Waals surface area contributed by atoms with Gasteiger partial charge >= 0.3 is 0 Å². The maximum Gasteiger partial charge on any atom is 0.134 e. The fourth-order valence-electron chi connectivity index (χ4n) is 2.67. The van der Waals surface area contributed by atoms with Crippen LogP contribution in [0.5, 0.6) is 0 Å². The van der Waals surface area contributed by atoms with Crippen LogP contribution < -0.4 is 0 Å².